The smallest absolute Gasteiger partial charge is 0.240 e. The molecule has 3 N–H and O–H groups in total. The highest BCUT2D eigenvalue weighted by molar-refractivity contribution is 7.89. The van der Waals surface area contributed by atoms with Crippen LogP contribution < -0.4 is 4.72 Å². The number of rotatable bonds is 9. The maximum atomic E-state index is 12.5. The van der Waals surface area contributed by atoms with Crippen molar-refractivity contribution in [3.63, 3.8) is 0 Å². The van der Waals surface area contributed by atoms with Gasteiger partial charge in [0.05, 0.1) is 17.1 Å². The van der Waals surface area contributed by atoms with E-state index in [1.54, 1.807) is 24.3 Å². The largest absolute Gasteiger partial charge is 0.393 e. The molecule has 5 rings (SSSR count). The van der Waals surface area contributed by atoms with Gasteiger partial charge in [-0.25, -0.2) is 13.1 Å². The first-order valence-electron chi connectivity index (χ1n) is 15.9. The van der Waals surface area contributed by atoms with E-state index >= 15 is 0 Å². The summed E-state index contributed by atoms with van der Waals surface area (Å²) in [4.78, 5) is 0.332. The van der Waals surface area contributed by atoms with Crippen LogP contribution in [0.5, 0.6) is 0 Å². The van der Waals surface area contributed by atoms with E-state index in [0.29, 0.717) is 52.9 Å². The van der Waals surface area contributed by atoms with Crippen molar-refractivity contribution in [1.29, 1.82) is 0 Å². The van der Waals surface area contributed by atoms with Gasteiger partial charge in [0.15, 0.2) is 0 Å². The zero-order valence-electron chi connectivity index (χ0n) is 24.7. The lowest BCUT2D eigenvalue weighted by atomic mass is 9.41. The zero-order chi connectivity index (χ0) is 28.0. The fourth-order valence-electron chi connectivity index (χ4n) is 10.6. The molecule has 0 radical (unpaired) electrons. The van der Waals surface area contributed by atoms with Crippen molar-refractivity contribution in [2.75, 3.05) is 6.54 Å². The van der Waals surface area contributed by atoms with Gasteiger partial charge in [-0.05, 0) is 116 Å². The second-order valence-corrected chi connectivity index (χ2v) is 16.1. The third-order valence-corrected chi connectivity index (χ3v) is 14.1. The number of fused-ring (bicyclic) bond motifs is 5. The van der Waals surface area contributed by atoms with Gasteiger partial charge >= 0.3 is 0 Å². The van der Waals surface area contributed by atoms with Crippen molar-refractivity contribution >= 4 is 10.0 Å². The molecule has 0 heterocycles. The summed E-state index contributed by atoms with van der Waals surface area (Å²) < 4.78 is 27.8. The van der Waals surface area contributed by atoms with Crippen LogP contribution in [0.4, 0.5) is 0 Å². The summed E-state index contributed by atoms with van der Waals surface area (Å²) in [7, 11) is -3.43. The van der Waals surface area contributed by atoms with Gasteiger partial charge in [-0.2, -0.15) is 0 Å². The Kier molecular flexibility index (Phi) is 8.62. The Hall–Kier alpha value is -0.950. The number of nitrogens with one attached hydrogen (secondary N) is 1. The van der Waals surface area contributed by atoms with E-state index in [-0.39, 0.29) is 23.0 Å². The summed E-state index contributed by atoms with van der Waals surface area (Å²) in [6, 6.07) is 8.62. The highest BCUT2D eigenvalue weighted by atomic mass is 32.2. The molecule has 0 aromatic heterocycles. The maximum absolute atomic E-state index is 12.5. The number of aliphatic hydroxyl groups is 2. The van der Waals surface area contributed by atoms with Crippen LogP contribution >= 0.6 is 0 Å². The summed E-state index contributed by atoms with van der Waals surface area (Å²) in [5, 5.41) is 22.4. The number of sulfonamides is 1. The molecule has 39 heavy (non-hydrogen) atoms. The van der Waals surface area contributed by atoms with E-state index in [0.717, 1.165) is 44.9 Å². The van der Waals surface area contributed by atoms with E-state index in [1.165, 1.54) is 25.7 Å². The van der Waals surface area contributed by atoms with Crippen LogP contribution in [-0.4, -0.2) is 37.4 Å². The first-order valence-corrected chi connectivity index (χ1v) is 17.4. The fraction of sp³-hybridized carbons (Fsp3) is 0.818. The molecule has 4 fully saturated rings. The summed E-state index contributed by atoms with van der Waals surface area (Å²) in [5.41, 5.74) is 0.536. The van der Waals surface area contributed by atoms with Gasteiger partial charge in [-0.15, -0.1) is 0 Å². The van der Waals surface area contributed by atoms with Gasteiger partial charge in [0.1, 0.15) is 0 Å². The van der Waals surface area contributed by atoms with Gasteiger partial charge in [0, 0.05) is 6.54 Å². The van der Waals surface area contributed by atoms with E-state index in [1.807, 2.05) is 6.07 Å². The molecule has 1 aromatic carbocycles. The predicted molar refractivity (Wildman–Crippen MR) is 156 cm³/mol. The van der Waals surface area contributed by atoms with Crippen LogP contribution in [0.25, 0.3) is 0 Å². The highest BCUT2D eigenvalue weighted by Crippen LogP contribution is 2.69. The lowest BCUT2D eigenvalue weighted by Crippen LogP contribution is -2.62. The molecule has 0 aliphatic heterocycles. The number of unbranched alkanes of at least 4 members (excludes halogenated alkanes) is 1. The number of aliphatic hydroxyl groups excluding tert-OH is 2. The summed E-state index contributed by atoms with van der Waals surface area (Å²) in [6.45, 7) is 10.2. The third-order valence-electron chi connectivity index (χ3n) is 12.6. The first kappa shape index (κ1) is 29.5. The van der Waals surface area contributed by atoms with Gasteiger partial charge in [-0.1, -0.05) is 65.2 Å². The van der Waals surface area contributed by atoms with E-state index in [4.69, 9.17) is 0 Å². The lowest BCUT2D eigenvalue weighted by Gasteiger charge is -2.64. The Balaban J connectivity index is 1.20. The monoisotopic (exact) mass is 559 g/mol. The second-order valence-electron chi connectivity index (χ2n) is 14.3. The molecule has 220 valence electrons. The molecule has 0 saturated heterocycles. The van der Waals surface area contributed by atoms with Crippen LogP contribution in [0.15, 0.2) is 35.2 Å². The average molecular weight is 560 g/mol. The Morgan fingerprint density at radius 1 is 0.949 bits per heavy atom. The van der Waals surface area contributed by atoms with Crippen LogP contribution in [-0.2, 0) is 10.0 Å². The van der Waals surface area contributed by atoms with Crippen LogP contribution in [0, 0.1) is 52.3 Å². The molecule has 4 aliphatic rings. The molecule has 6 heteroatoms. The summed E-state index contributed by atoms with van der Waals surface area (Å²) in [5.74, 6) is 3.61. The van der Waals surface area contributed by atoms with E-state index < -0.39 is 10.0 Å². The van der Waals surface area contributed by atoms with Gasteiger partial charge in [-0.3, -0.25) is 0 Å². The molecular weight excluding hydrogens is 506 g/mol. The Morgan fingerprint density at radius 2 is 1.64 bits per heavy atom. The SMILES string of the molecule is CC[C@@H]1C2C[C@H](O)CC[C@]2(C)C2CC[C@@]3(C)C(CCC3[C@H](C)CCCCNS(=O)(=O)c3ccccc3)[C@@H]2[C@@H]1O. The molecular formula is C33H53NO4S. The van der Waals surface area contributed by atoms with Crippen LogP contribution in [0.1, 0.15) is 98.3 Å². The topological polar surface area (TPSA) is 86.6 Å². The minimum absolute atomic E-state index is 0.194. The normalized spacial score (nSPS) is 42.8. The van der Waals surface area contributed by atoms with Crippen molar-refractivity contribution in [2.45, 2.75) is 115 Å². The second kappa shape index (κ2) is 11.4. The van der Waals surface area contributed by atoms with Gasteiger partial charge in [0.2, 0.25) is 10.0 Å². The van der Waals surface area contributed by atoms with Crippen LogP contribution in [0.3, 0.4) is 0 Å². The van der Waals surface area contributed by atoms with Crippen molar-refractivity contribution in [3.05, 3.63) is 30.3 Å². The average Bonchev–Trinajstić information content (AvgIpc) is 3.27. The van der Waals surface area contributed by atoms with Gasteiger partial charge < -0.3 is 10.2 Å². The minimum Gasteiger partial charge on any atom is -0.393 e. The zero-order valence-corrected chi connectivity index (χ0v) is 25.5. The van der Waals surface area contributed by atoms with Gasteiger partial charge in [0.25, 0.3) is 0 Å². The molecule has 1 aromatic rings. The lowest BCUT2D eigenvalue weighted by molar-refractivity contribution is -0.203. The summed E-state index contributed by atoms with van der Waals surface area (Å²) in [6.07, 6.45) is 11.5. The molecule has 4 saturated carbocycles. The van der Waals surface area contributed by atoms with Crippen molar-refractivity contribution in [3.8, 4) is 0 Å². The fourth-order valence-corrected chi connectivity index (χ4v) is 11.7. The molecule has 0 spiro atoms. The molecule has 11 atom stereocenters. The van der Waals surface area contributed by atoms with Crippen molar-refractivity contribution in [1.82, 2.24) is 4.72 Å². The quantitative estimate of drug-likeness (QED) is 0.306. The van der Waals surface area contributed by atoms with E-state index in [9.17, 15) is 18.6 Å². The third kappa shape index (κ3) is 5.26. The Morgan fingerprint density at radius 3 is 2.36 bits per heavy atom. The highest BCUT2D eigenvalue weighted by Gasteiger charge is 2.64. The predicted octanol–water partition coefficient (Wildman–Crippen LogP) is 6.40. The molecule has 4 aliphatic carbocycles. The molecule has 0 amide bonds. The molecule has 5 nitrogen and oxygen atoms in total. The maximum Gasteiger partial charge on any atom is 0.240 e. The minimum atomic E-state index is -3.43. The molecule has 0 bridgehead atoms. The van der Waals surface area contributed by atoms with E-state index in [2.05, 4.69) is 32.4 Å². The Bertz CT molecular complexity index is 1080. The summed E-state index contributed by atoms with van der Waals surface area (Å²) >= 11 is 0. The number of hydrogen-bond donors (Lipinski definition) is 3. The standard InChI is InChI=1S/C33H53NO4S/c1-5-25-29-21-23(35)16-18-33(29,4)28-17-19-32(3)26(14-15-27(32)30(28)31(25)36)22(2)11-9-10-20-34-39(37,38)24-12-7-6-8-13-24/h6-8,12-13,22-23,25-31,34-36H,5,9-11,14-21H2,1-4H3/t22-,23-,25-,26?,27?,28?,29?,30+,31-,32-,33-/m1/s1. The van der Waals surface area contributed by atoms with Crippen molar-refractivity contribution in [2.24, 2.45) is 52.3 Å². The molecule has 4 unspecified atom stereocenters. The number of hydrogen-bond acceptors (Lipinski definition) is 4. The first-order chi connectivity index (χ1) is 18.5. The number of benzene rings is 1. The van der Waals surface area contributed by atoms with Crippen molar-refractivity contribution < 1.29 is 18.6 Å². The Labute approximate surface area is 237 Å². The van der Waals surface area contributed by atoms with Crippen LogP contribution in [0.2, 0.25) is 0 Å².